The van der Waals surface area contributed by atoms with Gasteiger partial charge in [-0.2, -0.15) is 0 Å². The molecule has 2 aromatic rings. The van der Waals surface area contributed by atoms with Crippen LogP contribution in [0.15, 0.2) is 42.5 Å². The first kappa shape index (κ1) is 16.5. The van der Waals surface area contributed by atoms with Crippen molar-refractivity contribution in [3.63, 3.8) is 0 Å². The van der Waals surface area contributed by atoms with E-state index in [4.69, 9.17) is 0 Å². The van der Waals surface area contributed by atoms with Gasteiger partial charge < -0.3 is 10.1 Å². The van der Waals surface area contributed by atoms with Gasteiger partial charge in [0.2, 0.25) is 0 Å². The predicted octanol–water partition coefficient (Wildman–Crippen LogP) is 3.41. The second-order valence-electron chi connectivity index (χ2n) is 5.30. The number of rotatable bonds is 4. The van der Waals surface area contributed by atoms with Gasteiger partial charge in [-0.15, -0.1) is 0 Å². The maximum Gasteiger partial charge on any atom is 0.411 e. The number of carbonyl (C=O) groups excluding carboxylic acids is 2. The van der Waals surface area contributed by atoms with Gasteiger partial charge in [0, 0.05) is 17.8 Å². The van der Waals surface area contributed by atoms with E-state index in [0.29, 0.717) is 17.8 Å². The van der Waals surface area contributed by atoms with Crippen molar-refractivity contribution >= 4 is 17.7 Å². The van der Waals surface area contributed by atoms with Crippen LogP contribution in [0, 0.1) is 13.8 Å². The molecule has 120 valence electrons. The number of methoxy groups -OCH3 is 1. The van der Waals surface area contributed by atoms with Gasteiger partial charge in [0.15, 0.2) is 0 Å². The average Bonchev–Trinajstić information content (AvgIpc) is 2.56. The van der Waals surface area contributed by atoms with Crippen LogP contribution in [-0.4, -0.2) is 19.1 Å². The van der Waals surface area contributed by atoms with Gasteiger partial charge in [0.25, 0.3) is 5.91 Å². The molecule has 0 aliphatic heterocycles. The number of aryl methyl sites for hydroxylation is 2. The predicted molar refractivity (Wildman–Crippen MR) is 89.6 cm³/mol. The molecule has 0 saturated heterocycles. The van der Waals surface area contributed by atoms with Crippen molar-refractivity contribution in [2.75, 3.05) is 12.4 Å². The van der Waals surface area contributed by atoms with Gasteiger partial charge in [-0.25, -0.2) is 4.79 Å². The topological polar surface area (TPSA) is 67.4 Å². The first-order valence-electron chi connectivity index (χ1n) is 7.29. The molecule has 0 radical (unpaired) electrons. The Bertz CT molecular complexity index is 709. The minimum atomic E-state index is -0.513. The van der Waals surface area contributed by atoms with E-state index in [1.807, 2.05) is 44.2 Å². The summed E-state index contributed by atoms with van der Waals surface area (Å²) in [6, 6.07) is 12.8. The van der Waals surface area contributed by atoms with Crippen LogP contribution in [0.4, 0.5) is 10.5 Å². The lowest BCUT2D eigenvalue weighted by molar-refractivity contribution is 0.0951. The van der Waals surface area contributed by atoms with Crippen LogP contribution in [0.3, 0.4) is 0 Å². The Hall–Kier alpha value is -2.82. The van der Waals surface area contributed by atoms with E-state index in [-0.39, 0.29) is 5.91 Å². The molecule has 0 aliphatic carbocycles. The van der Waals surface area contributed by atoms with Crippen LogP contribution >= 0.6 is 0 Å². The quantitative estimate of drug-likeness (QED) is 0.909. The van der Waals surface area contributed by atoms with Crippen molar-refractivity contribution in [3.8, 4) is 0 Å². The summed E-state index contributed by atoms with van der Waals surface area (Å²) in [6.45, 7) is 4.42. The summed E-state index contributed by atoms with van der Waals surface area (Å²) < 4.78 is 4.52. The molecule has 0 bridgehead atoms. The minimum absolute atomic E-state index is 0.107. The summed E-state index contributed by atoms with van der Waals surface area (Å²) in [5, 5.41) is 5.45. The summed E-state index contributed by atoms with van der Waals surface area (Å²) in [4.78, 5) is 23.2. The lowest BCUT2D eigenvalue weighted by Gasteiger charge is -2.08. The summed E-state index contributed by atoms with van der Waals surface area (Å²) in [5.74, 6) is -0.107. The van der Waals surface area contributed by atoms with E-state index in [0.717, 1.165) is 16.7 Å². The molecule has 5 heteroatoms. The molecule has 0 aliphatic rings. The van der Waals surface area contributed by atoms with E-state index in [2.05, 4.69) is 15.4 Å². The molecule has 0 aromatic heterocycles. The highest BCUT2D eigenvalue weighted by atomic mass is 16.5. The maximum absolute atomic E-state index is 12.1. The maximum atomic E-state index is 12.1. The zero-order chi connectivity index (χ0) is 16.8. The number of carbonyl (C=O) groups is 2. The third-order valence-electron chi connectivity index (χ3n) is 3.61. The van der Waals surface area contributed by atoms with Crippen LogP contribution < -0.4 is 10.6 Å². The summed E-state index contributed by atoms with van der Waals surface area (Å²) >= 11 is 0. The molecule has 2 aromatic carbocycles. The van der Waals surface area contributed by atoms with Gasteiger partial charge in [-0.1, -0.05) is 18.2 Å². The van der Waals surface area contributed by atoms with Crippen molar-refractivity contribution in [1.82, 2.24) is 5.32 Å². The first-order chi connectivity index (χ1) is 11.0. The lowest BCUT2D eigenvalue weighted by atomic mass is 10.1. The van der Waals surface area contributed by atoms with Gasteiger partial charge in [-0.3, -0.25) is 10.1 Å². The molecular formula is C18H20N2O3. The molecule has 0 fully saturated rings. The first-order valence-corrected chi connectivity index (χ1v) is 7.29. The minimum Gasteiger partial charge on any atom is -0.453 e. The Balaban J connectivity index is 1.93. The van der Waals surface area contributed by atoms with E-state index >= 15 is 0 Å². The average molecular weight is 312 g/mol. The standard InChI is InChI=1S/C18H20N2O3/c1-12-4-7-15(10-13(12)2)17(21)19-11-14-5-8-16(9-6-14)20-18(22)23-3/h4-10H,11H2,1-3H3,(H,19,21)(H,20,22). The van der Waals surface area contributed by atoms with Crippen molar-refractivity contribution in [2.45, 2.75) is 20.4 Å². The van der Waals surface area contributed by atoms with Crippen LogP contribution in [-0.2, 0) is 11.3 Å². The van der Waals surface area contributed by atoms with E-state index in [1.165, 1.54) is 7.11 Å². The smallest absolute Gasteiger partial charge is 0.411 e. The molecule has 0 unspecified atom stereocenters. The SMILES string of the molecule is COC(=O)Nc1ccc(CNC(=O)c2ccc(C)c(C)c2)cc1. The zero-order valence-corrected chi connectivity index (χ0v) is 13.5. The number of ether oxygens (including phenoxy) is 1. The Morgan fingerprint density at radius 2 is 1.70 bits per heavy atom. The largest absolute Gasteiger partial charge is 0.453 e. The lowest BCUT2D eigenvalue weighted by Crippen LogP contribution is -2.22. The molecule has 0 atom stereocenters. The summed E-state index contributed by atoms with van der Waals surface area (Å²) in [7, 11) is 1.31. The molecule has 0 spiro atoms. The zero-order valence-electron chi connectivity index (χ0n) is 13.5. The third-order valence-corrected chi connectivity index (χ3v) is 3.61. The normalized spacial score (nSPS) is 10.0. The van der Waals surface area contributed by atoms with Crippen molar-refractivity contribution < 1.29 is 14.3 Å². The second-order valence-corrected chi connectivity index (χ2v) is 5.30. The number of hydrogen-bond acceptors (Lipinski definition) is 3. The Morgan fingerprint density at radius 1 is 1.00 bits per heavy atom. The molecule has 23 heavy (non-hydrogen) atoms. The molecular weight excluding hydrogens is 292 g/mol. The number of nitrogens with one attached hydrogen (secondary N) is 2. The Morgan fingerprint density at radius 3 is 2.30 bits per heavy atom. The molecule has 5 nitrogen and oxygen atoms in total. The number of benzene rings is 2. The van der Waals surface area contributed by atoms with Crippen LogP contribution in [0.1, 0.15) is 27.0 Å². The third kappa shape index (κ3) is 4.57. The van der Waals surface area contributed by atoms with Crippen LogP contribution in [0.5, 0.6) is 0 Å². The van der Waals surface area contributed by atoms with Gasteiger partial charge in [0.1, 0.15) is 0 Å². The van der Waals surface area contributed by atoms with Gasteiger partial charge in [-0.05, 0) is 54.8 Å². The molecule has 2 amide bonds. The molecule has 0 heterocycles. The van der Waals surface area contributed by atoms with Crippen molar-refractivity contribution in [2.24, 2.45) is 0 Å². The monoisotopic (exact) mass is 312 g/mol. The highest BCUT2D eigenvalue weighted by Crippen LogP contribution is 2.12. The molecule has 2 rings (SSSR count). The van der Waals surface area contributed by atoms with E-state index < -0.39 is 6.09 Å². The second kappa shape index (κ2) is 7.45. The number of anilines is 1. The molecule has 2 N–H and O–H groups in total. The molecule has 0 saturated carbocycles. The Labute approximate surface area is 135 Å². The van der Waals surface area contributed by atoms with Crippen LogP contribution in [0.2, 0.25) is 0 Å². The fourth-order valence-corrected chi connectivity index (χ4v) is 2.04. The van der Waals surface area contributed by atoms with Gasteiger partial charge >= 0.3 is 6.09 Å². The summed E-state index contributed by atoms with van der Waals surface area (Å²) in [6.07, 6.45) is -0.513. The van der Waals surface area contributed by atoms with Crippen molar-refractivity contribution in [1.29, 1.82) is 0 Å². The van der Waals surface area contributed by atoms with E-state index in [1.54, 1.807) is 12.1 Å². The highest BCUT2D eigenvalue weighted by molar-refractivity contribution is 5.94. The fraction of sp³-hybridized carbons (Fsp3) is 0.222. The van der Waals surface area contributed by atoms with E-state index in [9.17, 15) is 9.59 Å². The van der Waals surface area contributed by atoms with Crippen molar-refractivity contribution in [3.05, 3.63) is 64.7 Å². The Kier molecular flexibility index (Phi) is 5.36. The fourth-order valence-electron chi connectivity index (χ4n) is 2.04. The van der Waals surface area contributed by atoms with Crippen LogP contribution in [0.25, 0.3) is 0 Å². The number of hydrogen-bond donors (Lipinski definition) is 2. The highest BCUT2D eigenvalue weighted by Gasteiger charge is 2.06. The van der Waals surface area contributed by atoms with Gasteiger partial charge in [0.05, 0.1) is 7.11 Å². The summed E-state index contributed by atoms with van der Waals surface area (Å²) in [5.41, 5.74) is 4.49. The number of amides is 2.